The second-order valence-electron chi connectivity index (χ2n) is 5.81. The van der Waals surface area contributed by atoms with Crippen LogP contribution in [0.1, 0.15) is 28.9 Å². The molecule has 0 bridgehead atoms. The molecule has 0 saturated carbocycles. The lowest BCUT2D eigenvalue weighted by atomic mass is 10.1. The molecule has 142 valence electrons. The van der Waals surface area contributed by atoms with E-state index in [-0.39, 0.29) is 24.1 Å². The molecule has 5 nitrogen and oxygen atoms in total. The molecule has 1 fully saturated rings. The topological polar surface area (TPSA) is 59.0 Å². The number of hydrogen-bond donors (Lipinski definition) is 2. The fraction of sp³-hybridized carbons (Fsp3) is 0.375. The summed E-state index contributed by atoms with van der Waals surface area (Å²) in [5.74, 6) is -0.777. The van der Waals surface area contributed by atoms with Gasteiger partial charge in [-0.25, -0.2) is 4.68 Å². The van der Waals surface area contributed by atoms with E-state index in [1.54, 1.807) is 0 Å². The summed E-state index contributed by atoms with van der Waals surface area (Å²) >= 11 is 5.77. The Morgan fingerprint density at radius 2 is 2.00 bits per heavy atom. The van der Waals surface area contributed by atoms with Gasteiger partial charge in [0.25, 0.3) is 5.91 Å². The third kappa shape index (κ3) is 4.49. The molecule has 1 atom stereocenters. The molecule has 1 amide bonds. The molecule has 2 aromatic rings. The largest absolute Gasteiger partial charge is 0.434 e. The minimum atomic E-state index is -4.73. The van der Waals surface area contributed by atoms with Gasteiger partial charge in [-0.2, -0.15) is 18.3 Å². The first kappa shape index (κ1) is 20.5. The average Bonchev–Trinajstić information content (AvgIpc) is 3.02. The SMILES string of the molecule is Cl.O=C(NC1CCCNC1)c1cnn(-c2ccc(Cl)cc2)c1C(F)(F)F. The van der Waals surface area contributed by atoms with Crippen molar-refractivity contribution < 1.29 is 18.0 Å². The van der Waals surface area contributed by atoms with E-state index in [4.69, 9.17) is 11.6 Å². The summed E-state index contributed by atoms with van der Waals surface area (Å²) in [6.07, 6.45) is -2.19. The van der Waals surface area contributed by atoms with Crippen molar-refractivity contribution in [2.75, 3.05) is 13.1 Å². The zero-order valence-electron chi connectivity index (χ0n) is 13.5. The molecule has 1 aliphatic heterocycles. The molecule has 1 aromatic heterocycles. The number of aromatic nitrogens is 2. The van der Waals surface area contributed by atoms with Gasteiger partial charge in [0.05, 0.1) is 17.4 Å². The molecule has 0 spiro atoms. The highest BCUT2D eigenvalue weighted by molar-refractivity contribution is 6.30. The summed E-state index contributed by atoms with van der Waals surface area (Å²) in [6.45, 7) is 1.38. The number of carbonyl (C=O) groups is 1. The summed E-state index contributed by atoms with van der Waals surface area (Å²) in [5, 5.41) is 9.92. The first-order valence-corrected chi connectivity index (χ1v) is 8.17. The van der Waals surface area contributed by atoms with Gasteiger partial charge in [-0.15, -0.1) is 12.4 Å². The van der Waals surface area contributed by atoms with Gasteiger partial charge < -0.3 is 10.6 Å². The number of rotatable bonds is 3. The maximum atomic E-state index is 13.6. The number of halogens is 5. The molecule has 0 radical (unpaired) electrons. The molecule has 3 rings (SSSR count). The maximum Gasteiger partial charge on any atom is 0.434 e. The Labute approximate surface area is 159 Å². The van der Waals surface area contributed by atoms with E-state index in [2.05, 4.69) is 15.7 Å². The number of nitrogens with zero attached hydrogens (tertiary/aromatic N) is 2. The van der Waals surface area contributed by atoms with Crippen LogP contribution >= 0.6 is 24.0 Å². The first-order chi connectivity index (χ1) is 11.9. The minimum Gasteiger partial charge on any atom is -0.348 e. The van der Waals surface area contributed by atoms with E-state index in [0.717, 1.165) is 25.6 Å². The van der Waals surface area contributed by atoms with Crippen molar-refractivity contribution in [3.05, 3.63) is 46.7 Å². The fourth-order valence-corrected chi connectivity index (χ4v) is 2.93. The lowest BCUT2D eigenvalue weighted by molar-refractivity contribution is -0.143. The second kappa shape index (κ2) is 8.28. The third-order valence-electron chi connectivity index (χ3n) is 3.99. The molecular formula is C16H17Cl2F3N4O. The summed E-state index contributed by atoms with van der Waals surface area (Å²) in [6, 6.07) is 5.56. The van der Waals surface area contributed by atoms with Gasteiger partial charge in [-0.05, 0) is 43.7 Å². The number of benzene rings is 1. The van der Waals surface area contributed by atoms with Crippen LogP contribution < -0.4 is 10.6 Å². The van der Waals surface area contributed by atoms with E-state index in [1.165, 1.54) is 24.3 Å². The Hall–Kier alpha value is -1.77. The second-order valence-corrected chi connectivity index (χ2v) is 6.25. The molecule has 1 aromatic carbocycles. The molecule has 1 unspecified atom stereocenters. The minimum absolute atomic E-state index is 0. The molecule has 2 heterocycles. The van der Waals surface area contributed by atoms with E-state index >= 15 is 0 Å². The number of hydrogen-bond acceptors (Lipinski definition) is 3. The maximum absolute atomic E-state index is 13.6. The first-order valence-electron chi connectivity index (χ1n) is 7.79. The van der Waals surface area contributed by atoms with Gasteiger partial charge in [0.1, 0.15) is 0 Å². The summed E-state index contributed by atoms with van der Waals surface area (Å²) < 4.78 is 41.4. The van der Waals surface area contributed by atoms with E-state index in [9.17, 15) is 18.0 Å². The van der Waals surface area contributed by atoms with Crippen molar-refractivity contribution in [2.24, 2.45) is 0 Å². The number of piperidine rings is 1. The third-order valence-corrected chi connectivity index (χ3v) is 4.24. The molecule has 1 saturated heterocycles. The Morgan fingerprint density at radius 1 is 1.31 bits per heavy atom. The van der Waals surface area contributed by atoms with Crippen molar-refractivity contribution in [1.82, 2.24) is 20.4 Å². The van der Waals surface area contributed by atoms with E-state index < -0.39 is 23.3 Å². The lowest BCUT2D eigenvalue weighted by Gasteiger charge is -2.24. The zero-order valence-corrected chi connectivity index (χ0v) is 15.1. The Bertz CT molecular complexity index is 756. The van der Waals surface area contributed by atoms with Crippen LogP contribution in [0.5, 0.6) is 0 Å². The number of nitrogens with one attached hydrogen (secondary N) is 2. The zero-order chi connectivity index (χ0) is 18.0. The Balaban J connectivity index is 0.00000243. The van der Waals surface area contributed by atoms with Crippen molar-refractivity contribution in [3.8, 4) is 5.69 Å². The van der Waals surface area contributed by atoms with Gasteiger partial charge in [0.15, 0.2) is 5.69 Å². The standard InChI is InChI=1S/C16H16ClF3N4O.ClH/c17-10-3-5-12(6-4-10)24-14(16(18,19)20)13(9-22-24)15(25)23-11-2-1-7-21-8-11;/h3-6,9,11,21H,1-2,7-8H2,(H,23,25);1H. The van der Waals surface area contributed by atoms with Crippen LogP contribution in [0.4, 0.5) is 13.2 Å². The van der Waals surface area contributed by atoms with Gasteiger partial charge in [0, 0.05) is 17.6 Å². The normalized spacial score (nSPS) is 17.5. The van der Waals surface area contributed by atoms with Crippen LogP contribution in [0.15, 0.2) is 30.5 Å². The quantitative estimate of drug-likeness (QED) is 0.817. The molecule has 0 aliphatic carbocycles. The molecule has 2 N–H and O–H groups in total. The average molecular weight is 409 g/mol. The highest BCUT2D eigenvalue weighted by Gasteiger charge is 2.40. The van der Waals surface area contributed by atoms with Crippen molar-refractivity contribution in [1.29, 1.82) is 0 Å². The molecule has 10 heteroatoms. The molecule has 1 aliphatic rings. The molecule has 26 heavy (non-hydrogen) atoms. The van der Waals surface area contributed by atoms with Gasteiger partial charge >= 0.3 is 6.18 Å². The van der Waals surface area contributed by atoms with E-state index in [1.807, 2.05) is 0 Å². The van der Waals surface area contributed by atoms with Gasteiger partial charge in [0.2, 0.25) is 0 Å². The van der Waals surface area contributed by atoms with Crippen molar-refractivity contribution in [3.63, 3.8) is 0 Å². The Kier molecular flexibility index (Phi) is 6.54. The number of amides is 1. The van der Waals surface area contributed by atoms with Crippen molar-refractivity contribution in [2.45, 2.75) is 25.1 Å². The summed E-state index contributed by atoms with van der Waals surface area (Å²) in [4.78, 5) is 12.4. The van der Waals surface area contributed by atoms with Gasteiger partial charge in [-0.3, -0.25) is 4.79 Å². The molecular weight excluding hydrogens is 392 g/mol. The van der Waals surface area contributed by atoms with Crippen LogP contribution in [-0.2, 0) is 6.18 Å². The lowest BCUT2D eigenvalue weighted by Crippen LogP contribution is -2.45. The van der Waals surface area contributed by atoms with Crippen LogP contribution in [0.25, 0.3) is 5.69 Å². The van der Waals surface area contributed by atoms with Gasteiger partial charge in [-0.1, -0.05) is 11.6 Å². The van der Waals surface area contributed by atoms with Crippen LogP contribution in [0.2, 0.25) is 5.02 Å². The van der Waals surface area contributed by atoms with Crippen LogP contribution in [0.3, 0.4) is 0 Å². The Morgan fingerprint density at radius 3 is 2.58 bits per heavy atom. The summed E-state index contributed by atoms with van der Waals surface area (Å²) in [7, 11) is 0. The van der Waals surface area contributed by atoms with Crippen LogP contribution in [0, 0.1) is 0 Å². The predicted molar refractivity (Wildman–Crippen MR) is 94.2 cm³/mol. The van der Waals surface area contributed by atoms with Crippen molar-refractivity contribution >= 4 is 29.9 Å². The summed E-state index contributed by atoms with van der Waals surface area (Å²) in [5.41, 5.74) is -1.42. The van der Waals surface area contributed by atoms with Crippen LogP contribution in [-0.4, -0.2) is 34.8 Å². The highest BCUT2D eigenvalue weighted by atomic mass is 35.5. The predicted octanol–water partition coefficient (Wildman–Crippen LogP) is 3.45. The number of alkyl halides is 3. The van der Waals surface area contributed by atoms with E-state index in [0.29, 0.717) is 16.2 Å². The number of carbonyl (C=O) groups excluding carboxylic acids is 1. The smallest absolute Gasteiger partial charge is 0.348 e. The highest BCUT2D eigenvalue weighted by Crippen LogP contribution is 2.34. The monoisotopic (exact) mass is 408 g/mol. The fourth-order valence-electron chi connectivity index (χ4n) is 2.80.